The molecule has 0 aromatic carbocycles. The Morgan fingerprint density at radius 1 is 1.33 bits per heavy atom. The Morgan fingerprint density at radius 3 is 2.11 bits per heavy atom. The normalized spacial score (nSPS) is 14.9. The largest absolute Gasteiger partial charge is 1.00 e. The third-order valence-electron chi connectivity index (χ3n) is 1.85. The number of amides is 1. The van der Waals surface area contributed by atoms with E-state index in [1.54, 1.807) is 0 Å². The fraction of sp³-hybridized carbons (Fsp3) is 0.571. The van der Waals surface area contributed by atoms with E-state index in [4.69, 9.17) is 15.2 Å². The van der Waals surface area contributed by atoms with E-state index >= 15 is 0 Å². The van der Waals surface area contributed by atoms with E-state index in [1.807, 2.05) is 0 Å². The van der Waals surface area contributed by atoms with Crippen molar-refractivity contribution in [2.24, 2.45) is 0 Å². The predicted molar refractivity (Wildman–Crippen MR) is 49.8 cm³/mol. The zero-order valence-corrected chi connectivity index (χ0v) is 12.7. The van der Waals surface area contributed by atoms with Gasteiger partial charge in [-0.2, -0.15) is 0 Å². The molecule has 18 heavy (non-hydrogen) atoms. The molecule has 0 aromatic heterocycles. The first-order valence-corrected chi connectivity index (χ1v) is 5.96. The van der Waals surface area contributed by atoms with Gasteiger partial charge in [-0.05, 0) is 6.92 Å². The fourth-order valence-electron chi connectivity index (χ4n) is 0.790. The summed E-state index contributed by atoms with van der Waals surface area (Å²) in [6, 6.07) is -1.52. The molecule has 9 nitrogen and oxygen atoms in total. The average Bonchev–Trinajstić information content (AvgIpc) is 2.21. The van der Waals surface area contributed by atoms with Crippen molar-refractivity contribution < 1.29 is 68.6 Å². The summed E-state index contributed by atoms with van der Waals surface area (Å²) in [6.07, 6.45) is -1.56. The average molecular weight is 291 g/mol. The SMILES string of the molecule is CC(C(=O)O)N(O)C(=O)CCC(=O)P(=O)([O-])O.[Na+]. The molecular formula is C7H11NNaO8P. The third kappa shape index (κ3) is 6.60. The number of carboxylic acid groups (broad SMARTS) is 1. The molecule has 11 heteroatoms. The molecular weight excluding hydrogens is 280 g/mol. The van der Waals surface area contributed by atoms with Crippen LogP contribution >= 0.6 is 7.60 Å². The zero-order valence-electron chi connectivity index (χ0n) is 9.77. The molecule has 0 rings (SSSR count). The van der Waals surface area contributed by atoms with Crippen molar-refractivity contribution in [1.29, 1.82) is 0 Å². The Bertz CT molecular complexity index is 380. The Balaban J connectivity index is 0. The molecule has 1 amide bonds. The van der Waals surface area contributed by atoms with Gasteiger partial charge < -0.3 is 19.5 Å². The number of hydrogen-bond donors (Lipinski definition) is 3. The van der Waals surface area contributed by atoms with Crippen molar-refractivity contribution in [3.05, 3.63) is 0 Å². The van der Waals surface area contributed by atoms with Gasteiger partial charge in [0.05, 0.1) is 0 Å². The van der Waals surface area contributed by atoms with Crippen LogP contribution in [-0.2, 0) is 18.9 Å². The quantitative estimate of drug-likeness (QED) is 0.191. The van der Waals surface area contributed by atoms with E-state index in [9.17, 15) is 23.8 Å². The van der Waals surface area contributed by atoms with Crippen LogP contribution in [0.5, 0.6) is 0 Å². The summed E-state index contributed by atoms with van der Waals surface area (Å²) in [6.45, 7) is 1.02. The summed E-state index contributed by atoms with van der Waals surface area (Å²) in [5.74, 6) is -2.61. The van der Waals surface area contributed by atoms with Crippen LogP contribution in [0.4, 0.5) is 0 Å². The smallest absolute Gasteiger partial charge is 0.773 e. The monoisotopic (exact) mass is 291 g/mol. The third-order valence-corrected chi connectivity index (χ3v) is 2.70. The van der Waals surface area contributed by atoms with Crippen molar-refractivity contribution in [2.45, 2.75) is 25.8 Å². The van der Waals surface area contributed by atoms with Gasteiger partial charge in [0.15, 0.2) is 13.6 Å². The van der Waals surface area contributed by atoms with E-state index in [1.165, 1.54) is 0 Å². The van der Waals surface area contributed by atoms with E-state index in [2.05, 4.69) is 0 Å². The molecule has 0 aromatic rings. The van der Waals surface area contributed by atoms with Crippen LogP contribution in [-0.4, -0.2) is 43.7 Å². The van der Waals surface area contributed by atoms with E-state index < -0.39 is 43.9 Å². The van der Waals surface area contributed by atoms with Gasteiger partial charge in [0.2, 0.25) is 11.4 Å². The first-order valence-electron chi connectivity index (χ1n) is 4.38. The van der Waals surface area contributed by atoms with E-state index in [0.717, 1.165) is 6.92 Å². The summed E-state index contributed by atoms with van der Waals surface area (Å²) < 4.78 is 10.3. The number of carbonyl (C=O) groups is 3. The Morgan fingerprint density at radius 2 is 1.78 bits per heavy atom. The maximum absolute atomic E-state index is 11.1. The number of hydrogen-bond acceptors (Lipinski definition) is 6. The Hall–Kier alpha value is -0.280. The molecule has 0 heterocycles. The molecule has 98 valence electrons. The van der Waals surface area contributed by atoms with Gasteiger partial charge in [0.1, 0.15) is 0 Å². The molecule has 0 aliphatic carbocycles. The summed E-state index contributed by atoms with van der Waals surface area (Å²) in [5, 5.41) is 17.4. The van der Waals surface area contributed by atoms with Gasteiger partial charge in [-0.1, -0.05) is 0 Å². The van der Waals surface area contributed by atoms with Crippen LogP contribution in [0.25, 0.3) is 0 Å². The zero-order chi connectivity index (χ0) is 13.8. The van der Waals surface area contributed by atoms with Crippen LogP contribution in [0.15, 0.2) is 0 Å². The first kappa shape index (κ1) is 20.0. The molecule has 0 aliphatic heterocycles. The van der Waals surface area contributed by atoms with E-state index in [0.29, 0.717) is 0 Å². The second-order valence-corrected chi connectivity index (χ2v) is 4.71. The van der Waals surface area contributed by atoms with Crippen molar-refractivity contribution >= 4 is 25.0 Å². The minimum Gasteiger partial charge on any atom is -0.773 e. The van der Waals surface area contributed by atoms with Crippen LogP contribution in [0.3, 0.4) is 0 Å². The topological polar surface area (TPSA) is 155 Å². The molecule has 0 saturated heterocycles. The van der Waals surface area contributed by atoms with Crippen molar-refractivity contribution in [2.75, 3.05) is 0 Å². The van der Waals surface area contributed by atoms with Gasteiger partial charge in [0, 0.05) is 12.8 Å². The number of rotatable bonds is 6. The van der Waals surface area contributed by atoms with Crippen LogP contribution < -0.4 is 34.5 Å². The van der Waals surface area contributed by atoms with Gasteiger partial charge >= 0.3 is 35.5 Å². The maximum Gasteiger partial charge on any atom is 1.00 e. The van der Waals surface area contributed by atoms with E-state index in [-0.39, 0.29) is 34.6 Å². The van der Waals surface area contributed by atoms with Crippen molar-refractivity contribution in [1.82, 2.24) is 5.06 Å². The number of carbonyl (C=O) groups excluding carboxylic acids is 2. The molecule has 2 unspecified atom stereocenters. The summed E-state index contributed by atoms with van der Waals surface area (Å²) in [4.78, 5) is 50.8. The molecule has 0 spiro atoms. The van der Waals surface area contributed by atoms with Crippen LogP contribution in [0, 0.1) is 0 Å². The molecule has 0 radical (unpaired) electrons. The predicted octanol–water partition coefficient (Wildman–Crippen LogP) is -4.47. The second-order valence-electron chi connectivity index (χ2n) is 3.17. The summed E-state index contributed by atoms with van der Waals surface area (Å²) in [7, 11) is -5.14. The first-order chi connectivity index (χ1) is 7.57. The minimum atomic E-state index is -5.14. The van der Waals surface area contributed by atoms with Crippen LogP contribution in [0.1, 0.15) is 19.8 Å². The van der Waals surface area contributed by atoms with Gasteiger partial charge in [0.25, 0.3) is 0 Å². The number of aliphatic carboxylic acids is 1. The number of hydroxylamine groups is 2. The Labute approximate surface area is 124 Å². The fourth-order valence-corrected chi connectivity index (χ4v) is 1.18. The number of nitrogens with zero attached hydrogens (tertiary/aromatic N) is 1. The molecule has 0 fully saturated rings. The van der Waals surface area contributed by atoms with Gasteiger partial charge in [-0.25, -0.2) is 9.86 Å². The molecule has 0 saturated carbocycles. The van der Waals surface area contributed by atoms with Gasteiger partial charge in [-0.3, -0.25) is 14.8 Å². The standard InChI is InChI=1S/C7H12NO8P.Na/c1-4(7(11)12)8(13)5(9)2-3-6(10)17(14,15)16;/h4,13H,2-3H2,1H3,(H,11,12)(H2,14,15,16);/q;+1/p-1. The van der Waals surface area contributed by atoms with Gasteiger partial charge in [-0.15, -0.1) is 0 Å². The number of carboxylic acids is 1. The molecule has 0 bridgehead atoms. The molecule has 0 aliphatic rings. The van der Waals surface area contributed by atoms with Crippen molar-refractivity contribution in [3.8, 4) is 0 Å². The maximum atomic E-state index is 11.1. The summed E-state index contributed by atoms with van der Waals surface area (Å²) in [5.41, 5.74) is -1.55. The molecule has 2 atom stereocenters. The van der Waals surface area contributed by atoms with Crippen molar-refractivity contribution in [3.63, 3.8) is 0 Å². The molecule has 3 N–H and O–H groups in total. The second kappa shape index (κ2) is 8.00. The minimum absolute atomic E-state index is 0. The van der Waals surface area contributed by atoms with Crippen LogP contribution in [0.2, 0.25) is 0 Å². The summed E-state index contributed by atoms with van der Waals surface area (Å²) >= 11 is 0. The Kier molecular flexibility index (Phi) is 8.91.